The lowest BCUT2D eigenvalue weighted by molar-refractivity contribution is -0.120. The second-order valence-corrected chi connectivity index (χ2v) is 9.63. The van der Waals surface area contributed by atoms with Crippen molar-refractivity contribution < 1.29 is 9.59 Å². The number of nitrogens with one attached hydrogen (secondary N) is 1. The molecule has 0 radical (unpaired) electrons. The van der Waals surface area contributed by atoms with E-state index in [-0.39, 0.29) is 11.1 Å². The van der Waals surface area contributed by atoms with Gasteiger partial charge in [0.25, 0.3) is 11.8 Å². The van der Waals surface area contributed by atoms with Gasteiger partial charge in [0.1, 0.15) is 5.70 Å². The van der Waals surface area contributed by atoms with Gasteiger partial charge in [-0.15, -0.1) is 0 Å². The molecule has 0 spiro atoms. The molecule has 0 fully saturated rings. The molecule has 1 aliphatic rings. The molecule has 1 aliphatic heterocycles. The number of amides is 2. The van der Waals surface area contributed by atoms with Crippen molar-refractivity contribution in [2.45, 2.75) is 40.0 Å². The van der Waals surface area contributed by atoms with Crippen LogP contribution in [0.25, 0.3) is 5.57 Å². The number of carbonyl (C=O) groups is 2. The SMILES string of the molecule is Cc1ccc(C2=C(Nc3ccc(C(C)(C)C)cc3)C(=O)N(c3ccc(C#N)cc3)C2=O)c(C)c1. The van der Waals surface area contributed by atoms with Gasteiger partial charge in [0, 0.05) is 5.69 Å². The minimum Gasteiger partial charge on any atom is -0.350 e. The Morgan fingerprint density at radius 2 is 1.50 bits per heavy atom. The molecular weight excluding hydrogens is 422 g/mol. The van der Waals surface area contributed by atoms with E-state index in [9.17, 15) is 9.59 Å². The number of rotatable bonds is 4. The van der Waals surface area contributed by atoms with E-state index in [1.807, 2.05) is 56.3 Å². The summed E-state index contributed by atoms with van der Waals surface area (Å²) < 4.78 is 0. The van der Waals surface area contributed by atoms with Crippen LogP contribution in [0.4, 0.5) is 11.4 Å². The molecule has 1 heterocycles. The number of aryl methyl sites for hydroxylation is 2. The summed E-state index contributed by atoms with van der Waals surface area (Å²) in [6.07, 6.45) is 0. The van der Waals surface area contributed by atoms with Gasteiger partial charge in [0.2, 0.25) is 0 Å². The van der Waals surface area contributed by atoms with Gasteiger partial charge in [0.05, 0.1) is 22.9 Å². The lowest BCUT2D eigenvalue weighted by Crippen LogP contribution is -2.32. The van der Waals surface area contributed by atoms with Gasteiger partial charge in [-0.2, -0.15) is 5.26 Å². The summed E-state index contributed by atoms with van der Waals surface area (Å²) in [5, 5.41) is 12.3. The van der Waals surface area contributed by atoms with Gasteiger partial charge >= 0.3 is 0 Å². The van der Waals surface area contributed by atoms with Crippen LogP contribution in [-0.4, -0.2) is 11.8 Å². The summed E-state index contributed by atoms with van der Waals surface area (Å²) in [6, 6.07) is 22.2. The number of hydrogen-bond donors (Lipinski definition) is 1. The third-order valence-electron chi connectivity index (χ3n) is 6.01. The number of nitrogens with zero attached hydrogens (tertiary/aromatic N) is 2. The van der Waals surface area contributed by atoms with Crippen molar-refractivity contribution >= 4 is 28.8 Å². The molecule has 2 amide bonds. The normalized spacial score (nSPS) is 13.9. The monoisotopic (exact) mass is 449 g/mol. The Morgan fingerprint density at radius 3 is 2.06 bits per heavy atom. The number of carbonyl (C=O) groups excluding carboxylic acids is 2. The Hall–Kier alpha value is -4.17. The molecule has 170 valence electrons. The Kier molecular flexibility index (Phi) is 5.85. The second kappa shape index (κ2) is 8.64. The highest BCUT2D eigenvalue weighted by atomic mass is 16.2. The molecule has 3 aromatic carbocycles. The third-order valence-corrected chi connectivity index (χ3v) is 6.01. The Balaban J connectivity index is 1.80. The fraction of sp³-hybridized carbons (Fsp3) is 0.207. The molecule has 4 rings (SSSR count). The van der Waals surface area contributed by atoms with E-state index in [2.05, 4.69) is 32.2 Å². The second-order valence-electron chi connectivity index (χ2n) is 9.63. The maximum atomic E-state index is 13.6. The van der Waals surface area contributed by atoms with Crippen molar-refractivity contribution in [2.24, 2.45) is 0 Å². The van der Waals surface area contributed by atoms with Gasteiger partial charge < -0.3 is 5.32 Å². The number of imide groups is 1. The molecule has 0 aliphatic carbocycles. The fourth-order valence-corrected chi connectivity index (χ4v) is 4.11. The average molecular weight is 450 g/mol. The van der Waals surface area contributed by atoms with E-state index in [0.29, 0.717) is 22.4 Å². The van der Waals surface area contributed by atoms with E-state index in [0.717, 1.165) is 16.8 Å². The van der Waals surface area contributed by atoms with Crippen molar-refractivity contribution in [3.63, 3.8) is 0 Å². The number of hydrogen-bond acceptors (Lipinski definition) is 4. The smallest absolute Gasteiger partial charge is 0.282 e. The summed E-state index contributed by atoms with van der Waals surface area (Å²) in [6.45, 7) is 10.4. The first-order valence-electron chi connectivity index (χ1n) is 11.2. The van der Waals surface area contributed by atoms with Crippen LogP contribution in [0.5, 0.6) is 0 Å². The lowest BCUT2D eigenvalue weighted by atomic mass is 9.87. The molecule has 5 heteroatoms. The molecule has 0 unspecified atom stereocenters. The summed E-state index contributed by atoms with van der Waals surface area (Å²) in [5.74, 6) is -0.819. The highest BCUT2D eigenvalue weighted by Gasteiger charge is 2.40. The van der Waals surface area contributed by atoms with Gasteiger partial charge in [-0.3, -0.25) is 9.59 Å². The van der Waals surface area contributed by atoms with Crippen molar-refractivity contribution in [1.82, 2.24) is 0 Å². The number of nitriles is 1. The third kappa shape index (κ3) is 4.23. The van der Waals surface area contributed by atoms with Crippen LogP contribution in [0, 0.1) is 25.2 Å². The van der Waals surface area contributed by atoms with Crippen LogP contribution in [0.15, 0.2) is 72.4 Å². The Labute approximate surface area is 200 Å². The van der Waals surface area contributed by atoms with Crippen molar-refractivity contribution in [3.8, 4) is 6.07 Å². The maximum Gasteiger partial charge on any atom is 0.282 e. The molecule has 34 heavy (non-hydrogen) atoms. The standard InChI is InChI=1S/C29H27N3O2/c1-18-6-15-24(19(2)16-18)25-26(31-22-11-9-21(10-12-22)29(3,4)5)28(34)32(27(25)33)23-13-7-20(17-30)8-14-23/h6-16,31H,1-5H3. The molecule has 5 nitrogen and oxygen atoms in total. The van der Waals surface area contributed by atoms with Gasteiger partial charge in [-0.25, -0.2) is 4.90 Å². The minimum absolute atomic E-state index is 0.00744. The zero-order valence-corrected chi connectivity index (χ0v) is 20.1. The molecular formula is C29H27N3O2. The molecule has 0 aromatic heterocycles. The van der Waals surface area contributed by atoms with Crippen LogP contribution >= 0.6 is 0 Å². The van der Waals surface area contributed by atoms with Crippen molar-refractivity contribution in [2.75, 3.05) is 10.2 Å². The maximum absolute atomic E-state index is 13.6. The quantitative estimate of drug-likeness (QED) is 0.506. The van der Waals surface area contributed by atoms with E-state index >= 15 is 0 Å². The summed E-state index contributed by atoms with van der Waals surface area (Å²) >= 11 is 0. The number of benzene rings is 3. The van der Waals surface area contributed by atoms with Crippen molar-refractivity contribution in [3.05, 3.63) is 100 Å². The zero-order chi connectivity index (χ0) is 24.6. The molecule has 0 saturated heterocycles. The summed E-state index contributed by atoms with van der Waals surface area (Å²) in [7, 11) is 0. The molecule has 0 saturated carbocycles. The minimum atomic E-state index is -0.426. The van der Waals surface area contributed by atoms with E-state index in [4.69, 9.17) is 5.26 Å². The highest BCUT2D eigenvalue weighted by Crippen LogP contribution is 2.35. The fourth-order valence-electron chi connectivity index (χ4n) is 4.11. The van der Waals surface area contributed by atoms with E-state index in [1.165, 1.54) is 10.5 Å². The zero-order valence-electron chi connectivity index (χ0n) is 20.1. The van der Waals surface area contributed by atoms with E-state index < -0.39 is 11.8 Å². The Bertz CT molecular complexity index is 1350. The topological polar surface area (TPSA) is 73.2 Å². The first-order valence-corrected chi connectivity index (χ1v) is 11.2. The highest BCUT2D eigenvalue weighted by molar-refractivity contribution is 6.46. The van der Waals surface area contributed by atoms with Crippen molar-refractivity contribution in [1.29, 1.82) is 5.26 Å². The predicted octanol–water partition coefficient (Wildman–Crippen LogP) is 5.87. The summed E-state index contributed by atoms with van der Waals surface area (Å²) in [5.41, 5.74) is 6.09. The van der Waals surface area contributed by atoms with E-state index in [1.54, 1.807) is 24.3 Å². The lowest BCUT2D eigenvalue weighted by Gasteiger charge is -2.19. The summed E-state index contributed by atoms with van der Waals surface area (Å²) in [4.78, 5) is 28.4. The first kappa shape index (κ1) is 23.0. The predicted molar refractivity (Wildman–Crippen MR) is 135 cm³/mol. The van der Waals surface area contributed by atoms with Gasteiger partial charge in [0.15, 0.2) is 0 Å². The number of anilines is 2. The van der Waals surface area contributed by atoms with Gasteiger partial charge in [-0.1, -0.05) is 56.7 Å². The largest absolute Gasteiger partial charge is 0.350 e. The van der Waals surface area contributed by atoms with Crippen LogP contribution in [0.1, 0.15) is 48.6 Å². The van der Waals surface area contributed by atoms with Crippen LogP contribution in [0.3, 0.4) is 0 Å². The van der Waals surface area contributed by atoms with Gasteiger partial charge in [-0.05, 0) is 72.4 Å². The Morgan fingerprint density at radius 1 is 0.853 bits per heavy atom. The molecule has 1 N–H and O–H groups in total. The first-order chi connectivity index (χ1) is 16.1. The van der Waals surface area contributed by atoms with Crippen LogP contribution < -0.4 is 10.2 Å². The van der Waals surface area contributed by atoms with Crippen LogP contribution in [0.2, 0.25) is 0 Å². The average Bonchev–Trinajstić information content (AvgIpc) is 3.03. The molecule has 0 bridgehead atoms. The molecule has 3 aromatic rings. The van der Waals surface area contributed by atoms with Crippen LogP contribution in [-0.2, 0) is 15.0 Å². The molecule has 0 atom stereocenters.